The standard InChI is InChI=1S/C19H19BrN4O4/c1-25-15-8-11(9-16(26-2)17(15)27-3)23-19-22-10-12(20)18(24-19)28-14-7-5-4-6-13(14)21/h4-10H,21H2,1-3H3,(H,22,23,24). The third-order valence-corrected chi connectivity index (χ3v) is 4.30. The molecule has 0 aliphatic carbocycles. The summed E-state index contributed by atoms with van der Waals surface area (Å²) < 4.78 is 22.5. The van der Waals surface area contributed by atoms with Crippen LogP contribution in [0.2, 0.25) is 0 Å². The number of para-hydroxylation sites is 2. The van der Waals surface area contributed by atoms with Crippen LogP contribution in [0.15, 0.2) is 47.1 Å². The van der Waals surface area contributed by atoms with Gasteiger partial charge in [-0.3, -0.25) is 0 Å². The number of methoxy groups -OCH3 is 3. The average molecular weight is 447 g/mol. The van der Waals surface area contributed by atoms with Crippen LogP contribution >= 0.6 is 15.9 Å². The van der Waals surface area contributed by atoms with Crippen molar-refractivity contribution in [1.29, 1.82) is 0 Å². The van der Waals surface area contributed by atoms with Gasteiger partial charge in [0.05, 0.1) is 37.7 Å². The lowest BCUT2D eigenvalue weighted by Gasteiger charge is -2.15. The molecule has 0 bridgehead atoms. The Labute approximate surface area is 170 Å². The van der Waals surface area contributed by atoms with Crippen molar-refractivity contribution in [1.82, 2.24) is 9.97 Å². The van der Waals surface area contributed by atoms with Crippen LogP contribution in [0.4, 0.5) is 17.3 Å². The zero-order valence-corrected chi connectivity index (χ0v) is 17.1. The first-order valence-electron chi connectivity index (χ1n) is 8.17. The Kier molecular flexibility index (Phi) is 6.05. The van der Waals surface area contributed by atoms with Gasteiger partial charge in [-0.05, 0) is 28.1 Å². The first-order chi connectivity index (χ1) is 13.5. The van der Waals surface area contributed by atoms with Gasteiger partial charge in [-0.2, -0.15) is 4.98 Å². The lowest BCUT2D eigenvalue weighted by Crippen LogP contribution is -2.02. The van der Waals surface area contributed by atoms with Gasteiger partial charge in [-0.15, -0.1) is 0 Å². The van der Waals surface area contributed by atoms with Crippen LogP contribution in [-0.4, -0.2) is 31.3 Å². The molecule has 3 aromatic rings. The molecule has 3 N–H and O–H groups in total. The number of nitrogens with two attached hydrogens (primary N) is 1. The average Bonchev–Trinajstić information content (AvgIpc) is 2.71. The number of ether oxygens (including phenoxy) is 4. The molecule has 0 amide bonds. The van der Waals surface area contributed by atoms with E-state index in [0.29, 0.717) is 50.7 Å². The molecule has 0 fully saturated rings. The lowest BCUT2D eigenvalue weighted by molar-refractivity contribution is 0.324. The van der Waals surface area contributed by atoms with E-state index in [0.717, 1.165) is 0 Å². The number of aromatic nitrogens is 2. The molecule has 0 unspecified atom stereocenters. The van der Waals surface area contributed by atoms with Crippen molar-refractivity contribution in [2.45, 2.75) is 0 Å². The molecular formula is C19H19BrN4O4. The summed E-state index contributed by atoms with van der Waals surface area (Å²) in [6.07, 6.45) is 1.59. The molecule has 3 rings (SSSR count). The van der Waals surface area contributed by atoms with E-state index in [1.807, 2.05) is 12.1 Å². The molecule has 1 aromatic heterocycles. The first-order valence-corrected chi connectivity index (χ1v) is 8.97. The summed E-state index contributed by atoms with van der Waals surface area (Å²) in [7, 11) is 4.64. The van der Waals surface area contributed by atoms with Crippen molar-refractivity contribution in [3.05, 3.63) is 47.1 Å². The van der Waals surface area contributed by atoms with Crippen LogP contribution in [0.25, 0.3) is 0 Å². The molecular weight excluding hydrogens is 428 g/mol. The molecule has 2 aromatic carbocycles. The molecule has 0 aliphatic rings. The quantitative estimate of drug-likeness (QED) is 0.515. The highest BCUT2D eigenvalue weighted by Gasteiger charge is 2.15. The summed E-state index contributed by atoms with van der Waals surface area (Å²) in [4.78, 5) is 8.66. The van der Waals surface area contributed by atoms with E-state index in [-0.39, 0.29) is 0 Å². The molecule has 28 heavy (non-hydrogen) atoms. The molecule has 0 atom stereocenters. The van der Waals surface area contributed by atoms with E-state index < -0.39 is 0 Å². The molecule has 146 valence electrons. The van der Waals surface area contributed by atoms with Gasteiger partial charge in [-0.1, -0.05) is 12.1 Å². The molecule has 8 nitrogen and oxygen atoms in total. The van der Waals surface area contributed by atoms with Crippen molar-refractivity contribution >= 4 is 33.3 Å². The van der Waals surface area contributed by atoms with Crippen molar-refractivity contribution in [3.8, 4) is 28.9 Å². The zero-order valence-electron chi connectivity index (χ0n) is 15.5. The van der Waals surface area contributed by atoms with Crippen molar-refractivity contribution in [3.63, 3.8) is 0 Å². The Morgan fingerprint density at radius 1 is 0.964 bits per heavy atom. The van der Waals surface area contributed by atoms with Gasteiger partial charge >= 0.3 is 0 Å². The highest BCUT2D eigenvalue weighted by Crippen LogP contribution is 2.40. The van der Waals surface area contributed by atoms with E-state index in [9.17, 15) is 0 Å². The summed E-state index contributed by atoms with van der Waals surface area (Å²) >= 11 is 3.39. The number of anilines is 3. The second-order valence-electron chi connectivity index (χ2n) is 5.53. The van der Waals surface area contributed by atoms with Crippen molar-refractivity contribution in [2.24, 2.45) is 0 Å². The third-order valence-electron chi connectivity index (χ3n) is 3.76. The zero-order chi connectivity index (χ0) is 20.1. The van der Waals surface area contributed by atoms with E-state index in [4.69, 9.17) is 24.7 Å². The van der Waals surface area contributed by atoms with E-state index in [1.54, 1.807) is 51.8 Å². The van der Waals surface area contributed by atoms with Crippen LogP contribution in [0.3, 0.4) is 0 Å². The summed E-state index contributed by atoms with van der Waals surface area (Å²) in [5.74, 6) is 2.66. The van der Waals surface area contributed by atoms with Crippen molar-refractivity contribution < 1.29 is 18.9 Å². The van der Waals surface area contributed by atoms with Gasteiger partial charge in [-0.25, -0.2) is 4.98 Å². The third kappa shape index (κ3) is 4.20. The minimum Gasteiger partial charge on any atom is -0.493 e. The van der Waals surface area contributed by atoms with Gasteiger partial charge in [0.25, 0.3) is 0 Å². The first kappa shape index (κ1) is 19.6. The van der Waals surface area contributed by atoms with Crippen LogP contribution in [0, 0.1) is 0 Å². The van der Waals surface area contributed by atoms with Gasteiger partial charge in [0.2, 0.25) is 17.6 Å². The maximum Gasteiger partial charge on any atom is 0.238 e. The van der Waals surface area contributed by atoms with E-state index in [2.05, 4.69) is 31.2 Å². The minimum absolute atomic E-state index is 0.321. The van der Waals surface area contributed by atoms with Gasteiger partial charge in [0.1, 0.15) is 0 Å². The van der Waals surface area contributed by atoms with E-state index in [1.165, 1.54) is 0 Å². The normalized spacial score (nSPS) is 10.3. The lowest BCUT2D eigenvalue weighted by atomic mass is 10.2. The fraction of sp³-hybridized carbons (Fsp3) is 0.158. The predicted octanol–water partition coefficient (Wildman–Crippen LogP) is 4.38. The molecule has 9 heteroatoms. The summed E-state index contributed by atoms with van der Waals surface area (Å²) in [5.41, 5.74) is 7.09. The molecule has 0 saturated carbocycles. The second kappa shape index (κ2) is 8.66. The number of nitrogens with zero attached hydrogens (tertiary/aromatic N) is 2. The number of rotatable bonds is 7. The Hall–Kier alpha value is -3.20. The minimum atomic E-state index is 0.321. The smallest absolute Gasteiger partial charge is 0.238 e. The number of halogens is 1. The Morgan fingerprint density at radius 2 is 1.64 bits per heavy atom. The van der Waals surface area contributed by atoms with Crippen molar-refractivity contribution in [2.75, 3.05) is 32.4 Å². The second-order valence-corrected chi connectivity index (χ2v) is 6.38. The molecule has 0 aliphatic heterocycles. The van der Waals surface area contributed by atoms with Crippen LogP contribution in [-0.2, 0) is 0 Å². The SMILES string of the molecule is COc1cc(Nc2ncc(Br)c(Oc3ccccc3N)n2)cc(OC)c1OC. The number of benzene rings is 2. The Bertz CT molecular complexity index is 959. The van der Waals surface area contributed by atoms with E-state index >= 15 is 0 Å². The fourth-order valence-corrected chi connectivity index (χ4v) is 2.72. The number of nitrogen functional groups attached to an aromatic ring is 1. The number of hydrogen-bond donors (Lipinski definition) is 2. The predicted molar refractivity (Wildman–Crippen MR) is 110 cm³/mol. The topological polar surface area (TPSA) is 101 Å². The maximum absolute atomic E-state index is 5.93. The monoisotopic (exact) mass is 446 g/mol. The number of nitrogens with one attached hydrogen (secondary N) is 1. The molecule has 0 spiro atoms. The van der Waals surface area contributed by atoms with Crippen LogP contribution in [0.5, 0.6) is 28.9 Å². The van der Waals surface area contributed by atoms with Gasteiger partial charge in [0.15, 0.2) is 17.2 Å². The highest BCUT2D eigenvalue weighted by molar-refractivity contribution is 9.10. The van der Waals surface area contributed by atoms with Gasteiger partial charge in [0, 0.05) is 17.8 Å². The molecule has 1 heterocycles. The largest absolute Gasteiger partial charge is 0.493 e. The fourth-order valence-electron chi connectivity index (χ4n) is 2.44. The Morgan fingerprint density at radius 3 is 2.25 bits per heavy atom. The Balaban J connectivity index is 1.90. The van der Waals surface area contributed by atoms with Crippen LogP contribution in [0.1, 0.15) is 0 Å². The molecule has 0 saturated heterocycles. The highest BCUT2D eigenvalue weighted by atomic mass is 79.9. The summed E-state index contributed by atoms with van der Waals surface area (Å²) in [5, 5.41) is 3.10. The van der Waals surface area contributed by atoms with Gasteiger partial charge < -0.3 is 30.0 Å². The molecule has 0 radical (unpaired) electrons. The van der Waals surface area contributed by atoms with Crippen LogP contribution < -0.4 is 30.0 Å². The maximum atomic E-state index is 5.93. The summed E-state index contributed by atoms with van der Waals surface area (Å²) in [6, 6.07) is 10.7. The summed E-state index contributed by atoms with van der Waals surface area (Å²) in [6.45, 7) is 0. The number of hydrogen-bond acceptors (Lipinski definition) is 8.